The van der Waals surface area contributed by atoms with Gasteiger partial charge >= 0.3 is 12.1 Å². The maximum Gasteiger partial charge on any atom is 0.461 e. The van der Waals surface area contributed by atoms with Gasteiger partial charge in [-0.3, -0.25) is 4.79 Å². The molecule has 0 aliphatic carbocycles. The largest absolute Gasteiger partial charge is 0.461 e. The Hall–Kier alpha value is -2.06. The van der Waals surface area contributed by atoms with Crippen molar-refractivity contribution in [3.8, 4) is 0 Å². The van der Waals surface area contributed by atoms with Crippen LogP contribution < -0.4 is 5.56 Å². The van der Waals surface area contributed by atoms with E-state index in [1.165, 1.54) is 17.1 Å². The Morgan fingerprint density at radius 2 is 1.83 bits per heavy atom. The number of hydrogen-bond donors (Lipinski definition) is 1. The Morgan fingerprint density at radius 3 is 2.44 bits per heavy atom. The van der Waals surface area contributed by atoms with Gasteiger partial charge in [-0.2, -0.15) is 22.0 Å². The van der Waals surface area contributed by atoms with Gasteiger partial charge in [0.1, 0.15) is 0 Å². The number of fused-ring (bicyclic) bond motifs is 1. The van der Waals surface area contributed by atoms with E-state index in [-0.39, 0.29) is 5.39 Å². The molecule has 9 heteroatoms. The van der Waals surface area contributed by atoms with Crippen molar-refractivity contribution in [3.05, 3.63) is 34.5 Å². The van der Waals surface area contributed by atoms with Crippen molar-refractivity contribution in [3.63, 3.8) is 0 Å². The van der Waals surface area contributed by atoms with Gasteiger partial charge in [0.15, 0.2) is 11.5 Å². The molecule has 4 nitrogen and oxygen atoms in total. The number of aromatic amines is 1. The van der Waals surface area contributed by atoms with Gasteiger partial charge in [0.25, 0.3) is 5.56 Å². The first-order chi connectivity index (χ1) is 8.23. The average Bonchev–Trinajstić information content (AvgIpc) is 2.27. The van der Waals surface area contributed by atoms with Gasteiger partial charge < -0.3 is 4.98 Å². The Labute approximate surface area is 95.5 Å². The number of aromatic nitrogens is 3. The predicted molar refractivity (Wildman–Crippen MR) is 50.1 cm³/mol. The fourth-order valence-electron chi connectivity index (χ4n) is 1.25. The Morgan fingerprint density at radius 1 is 1.17 bits per heavy atom. The third-order valence-corrected chi connectivity index (χ3v) is 2.13. The van der Waals surface area contributed by atoms with Gasteiger partial charge in [0, 0.05) is 6.20 Å². The van der Waals surface area contributed by atoms with Crippen LogP contribution in [0.5, 0.6) is 0 Å². The zero-order valence-corrected chi connectivity index (χ0v) is 8.42. The van der Waals surface area contributed by atoms with Crippen molar-refractivity contribution in [2.45, 2.75) is 12.1 Å². The van der Waals surface area contributed by atoms with E-state index in [0.717, 1.165) is 6.20 Å². The number of nitrogens with one attached hydrogen (secondary N) is 1. The molecule has 96 valence electrons. The van der Waals surface area contributed by atoms with E-state index in [9.17, 15) is 26.7 Å². The van der Waals surface area contributed by atoms with Crippen LogP contribution >= 0.6 is 0 Å². The minimum atomic E-state index is -5.84. The molecule has 0 spiro atoms. The van der Waals surface area contributed by atoms with Crippen LogP contribution in [0, 0.1) is 0 Å². The highest BCUT2D eigenvalue weighted by molar-refractivity contribution is 5.72. The van der Waals surface area contributed by atoms with Crippen molar-refractivity contribution < 1.29 is 22.0 Å². The first kappa shape index (κ1) is 12.4. The molecule has 1 N–H and O–H groups in total. The number of H-pyrrole nitrogens is 1. The standard InChI is InChI=1S/C9H4F5N3O/c10-8(11,9(12,13)14)7-16-5-4(6(18)17-7)2-1-3-15-5/h1-3H,(H,15,16,17,18). The molecule has 0 aliphatic heterocycles. The van der Waals surface area contributed by atoms with Gasteiger partial charge in [-0.15, -0.1) is 0 Å². The molecule has 0 amide bonds. The monoisotopic (exact) mass is 265 g/mol. The quantitative estimate of drug-likeness (QED) is 0.802. The van der Waals surface area contributed by atoms with Crippen molar-refractivity contribution in [1.29, 1.82) is 0 Å². The average molecular weight is 265 g/mol. The lowest BCUT2D eigenvalue weighted by Crippen LogP contribution is -2.37. The Bertz CT molecular complexity index is 648. The van der Waals surface area contributed by atoms with Crippen molar-refractivity contribution >= 4 is 11.0 Å². The molecule has 0 aliphatic rings. The van der Waals surface area contributed by atoms with Crippen molar-refractivity contribution in [1.82, 2.24) is 15.0 Å². The second kappa shape index (κ2) is 3.72. The fraction of sp³-hybridized carbons (Fsp3) is 0.222. The van der Waals surface area contributed by atoms with Gasteiger partial charge in [-0.1, -0.05) is 0 Å². The van der Waals surface area contributed by atoms with E-state index in [0.29, 0.717) is 0 Å². The van der Waals surface area contributed by atoms with E-state index < -0.39 is 29.1 Å². The minimum absolute atomic E-state index is 0.167. The minimum Gasteiger partial charge on any atom is -0.305 e. The first-order valence-electron chi connectivity index (χ1n) is 4.53. The Balaban J connectivity index is 2.71. The molecular formula is C9H4F5N3O. The summed E-state index contributed by atoms with van der Waals surface area (Å²) in [6.45, 7) is 0. The third-order valence-electron chi connectivity index (χ3n) is 2.13. The molecule has 0 fully saturated rings. The highest BCUT2D eigenvalue weighted by Gasteiger charge is 2.61. The number of alkyl halides is 5. The second-order valence-electron chi connectivity index (χ2n) is 3.36. The topological polar surface area (TPSA) is 58.6 Å². The highest BCUT2D eigenvalue weighted by atomic mass is 19.4. The lowest BCUT2D eigenvalue weighted by atomic mass is 10.2. The van der Waals surface area contributed by atoms with Crippen LogP contribution in [0.2, 0.25) is 0 Å². The van der Waals surface area contributed by atoms with Gasteiger partial charge in [0.05, 0.1) is 5.39 Å². The highest BCUT2D eigenvalue weighted by Crippen LogP contribution is 2.41. The number of nitrogens with zero attached hydrogens (tertiary/aromatic N) is 2. The normalized spacial score (nSPS) is 12.9. The van der Waals surface area contributed by atoms with E-state index in [2.05, 4.69) is 9.97 Å². The second-order valence-corrected chi connectivity index (χ2v) is 3.36. The van der Waals surface area contributed by atoms with Crippen molar-refractivity contribution in [2.24, 2.45) is 0 Å². The molecule has 2 heterocycles. The lowest BCUT2D eigenvalue weighted by molar-refractivity contribution is -0.292. The third kappa shape index (κ3) is 1.81. The molecule has 0 saturated carbocycles. The molecule has 18 heavy (non-hydrogen) atoms. The van der Waals surface area contributed by atoms with Crippen LogP contribution in [-0.4, -0.2) is 21.1 Å². The molecule has 0 radical (unpaired) electrons. The molecular weight excluding hydrogens is 261 g/mol. The Kier molecular flexibility index (Phi) is 2.56. The summed E-state index contributed by atoms with van der Waals surface area (Å²) in [4.78, 5) is 19.3. The molecule has 0 saturated heterocycles. The van der Waals surface area contributed by atoms with Crippen LogP contribution in [0.3, 0.4) is 0 Å². The van der Waals surface area contributed by atoms with Crippen LogP contribution in [0.15, 0.2) is 23.1 Å². The molecule has 0 bridgehead atoms. The molecule has 2 aromatic rings. The summed E-state index contributed by atoms with van der Waals surface area (Å²) in [5.41, 5.74) is -1.58. The molecule has 0 aromatic carbocycles. The van der Waals surface area contributed by atoms with Gasteiger partial charge in [-0.25, -0.2) is 9.97 Å². The number of hydrogen-bond acceptors (Lipinski definition) is 3. The van der Waals surface area contributed by atoms with E-state index in [1.54, 1.807) is 0 Å². The number of pyridine rings is 1. The van der Waals surface area contributed by atoms with E-state index in [1.807, 2.05) is 0 Å². The molecule has 0 atom stereocenters. The summed E-state index contributed by atoms with van der Waals surface area (Å²) in [7, 11) is 0. The summed E-state index contributed by atoms with van der Waals surface area (Å²) in [6.07, 6.45) is -4.71. The van der Waals surface area contributed by atoms with E-state index in [4.69, 9.17) is 0 Å². The van der Waals surface area contributed by atoms with Gasteiger partial charge in [0.2, 0.25) is 0 Å². The van der Waals surface area contributed by atoms with Crippen molar-refractivity contribution in [2.75, 3.05) is 0 Å². The van der Waals surface area contributed by atoms with E-state index >= 15 is 0 Å². The fourth-order valence-corrected chi connectivity index (χ4v) is 1.25. The summed E-state index contributed by atoms with van der Waals surface area (Å²) >= 11 is 0. The lowest BCUT2D eigenvalue weighted by Gasteiger charge is -2.18. The van der Waals surface area contributed by atoms with Crippen LogP contribution in [0.1, 0.15) is 5.82 Å². The maximum atomic E-state index is 13.0. The molecule has 0 unspecified atom stereocenters. The molecule has 2 rings (SSSR count). The van der Waals surface area contributed by atoms with Crippen LogP contribution in [-0.2, 0) is 5.92 Å². The zero-order valence-electron chi connectivity index (χ0n) is 8.42. The van der Waals surface area contributed by atoms with Crippen LogP contribution in [0.25, 0.3) is 11.0 Å². The summed E-state index contributed by atoms with van der Waals surface area (Å²) in [6, 6.07) is 2.55. The maximum absolute atomic E-state index is 13.0. The smallest absolute Gasteiger partial charge is 0.305 e. The summed E-state index contributed by atoms with van der Waals surface area (Å²) in [5.74, 6) is -7.01. The first-order valence-corrected chi connectivity index (χ1v) is 4.53. The SMILES string of the molecule is O=c1[nH]c(C(F)(F)C(F)(F)F)nc2ncccc12. The predicted octanol–water partition coefficient (Wildman–Crippen LogP) is 1.97. The number of rotatable bonds is 1. The van der Waals surface area contributed by atoms with Crippen LogP contribution in [0.4, 0.5) is 22.0 Å². The molecule has 2 aromatic heterocycles. The summed E-state index contributed by atoms with van der Waals surface area (Å²) < 4.78 is 62.3. The van der Waals surface area contributed by atoms with Gasteiger partial charge in [-0.05, 0) is 12.1 Å². The number of halogens is 5. The summed E-state index contributed by atoms with van der Waals surface area (Å²) in [5, 5.41) is -0.167. The zero-order chi connectivity index (χ0) is 13.6.